The van der Waals surface area contributed by atoms with Crippen molar-refractivity contribution in [3.8, 4) is 0 Å². The summed E-state index contributed by atoms with van der Waals surface area (Å²) in [6, 6.07) is 0. The summed E-state index contributed by atoms with van der Waals surface area (Å²) in [7, 11) is 0. The molecule has 0 aromatic heterocycles. The molecule has 58 valence electrons. The average molecular weight is 147 g/mol. The molecular weight excluding hydrogens is 134 g/mol. The lowest BCUT2D eigenvalue weighted by molar-refractivity contribution is 0.883. The Balaban J connectivity index is 2.72. The zero-order valence-electron chi connectivity index (χ0n) is 6.70. The van der Waals surface area contributed by atoms with Gasteiger partial charge in [-0.3, -0.25) is 0 Å². The molecule has 0 spiro atoms. The molecule has 1 aliphatic rings. The van der Waals surface area contributed by atoms with Crippen LogP contribution in [0.25, 0.3) is 0 Å². The van der Waals surface area contributed by atoms with Gasteiger partial charge in [0.15, 0.2) is 0 Å². The van der Waals surface area contributed by atoms with Crippen LogP contribution in [-0.4, -0.2) is 0 Å². The minimum absolute atomic E-state index is 0.510. The first-order valence-electron chi connectivity index (χ1n) is 3.78. The second-order valence-corrected chi connectivity index (χ2v) is 2.58. The van der Waals surface area contributed by atoms with Gasteiger partial charge in [0.1, 0.15) is 0 Å². The van der Waals surface area contributed by atoms with Crippen LogP contribution >= 0.6 is 0 Å². The van der Waals surface area contributed by atoms with Crippen LogP contribution in [0.5, 0.6) is 0 Å². The van der Waals surface area contributed by atoms with Gasteiger partial charge < -0.3 is 5.73 Å². The van der Waals surface area contributed by atoms with E-state index in [0.29, 0.717) is 5.92 Å². The molecule has 11 heavy (non-hydrogen) atoms. The monoisotopic (exact) mass is 147 g/mol. The maximum Gasteiger partial charge on any atom is -0.000731 e. The molecule has 0 saturated heterocycles. The molecule has 1 unspecified atom stereocenters. The van der Waals surface area contributed by atoms with Crippen molar-refractivity contribution in [1.82, 2.24) is 0 Å². The molecule has 0 aliphatic heterocycles. The number of hydrogen-bond acceptors (Lipinski definition) is 1. The Morgan fingerprint density at radius 2 is 2.27 bits per heavy atom. The Kier molecular flexibility index (Phi) is 2.73. The fourth-order valence-corrected chi connectivity index (χ4v) is 1.03. The molecule has 0 saturated carbocycles. The van der Waals surface area contributed by atoms with Gasteiger partial charge in [-0.05, 0) is 23.8 Å². The summed E-state index contributed by atoms with van der Waals surface area (Å²) in [5.41, 5.74) is 6.52. The molecule has 0 fully saturated rings. The van der Waals surface area contributed by atoms with Crippen molar-refractivity contribution in [3.05, 3.63) is 48.2 Å². The third-order valence-electron chi connectivity index (χ3n) is 1.73. The van der Waals surface area contributed by atoms with Crippen molar-refractivity contribution in [2.24, 2.45) is 11.7 Å². The number of hydrogen-bond donors (Lipinski definition) is 1. The van der Waals surface area contributed by atoms with Crippen molar-refractivity contribution in [2.75, 3.05) is 0 Å². The largest absolute Gasteiger partial charge is 0.405 e. The molecular formula is C10H13N. The molecule has 1 heteroatoms. The lowest BCUT2D eigenvalue weighted by atomic mass is 9.96. The quantitative estimate of drug-likeness (QED) is 0.604. The van der Waals surface area contributed by atoms with Gasteiger partial charge in [0.25, 0.3) is 0 Å². The first-order chi connectivity index (χ1) is 5.34. The van der Waals surface area contributed by atoms with Crippen LogP contribution < -0.4 is 5.73 Å². The number of nitrogens with two attached hydrogens (primary N) is 1. The highest BCUT2D eigenvalue weighted by Gasteiger charge is 2.02. The Morgan fingerprint density at radius 3 is 2.91 bits per heavy atom. The smallest absolute Gasteiger partial charge is 0.000731 e. The van der Waals surface area contributed by atoms with Gasteiger partial charge in [0.2, 0.25) is 0 Å². The van der Waals surface area contributed by atoms with E-state index < -0.39 is 0 Å². The zero-order valence-corrected chi connectivity index (χ0v) is 6.70. The lowest BCUT2D eigenvalue weighted by Crippen LogP contribution is -1.95. The van der Waals surface area contributed by atoms with Crippen molar-refractivity contribution in [3.63, 3.8) is 0 Å². The van der Waals surface area contributed by atoms with Crippen LogP contribution in [0.4, 0.5) is 0 Å². The van der Waals surface area contributed by atoms with Gasteiger partial charge in [-0.15, -0.1) is 0 Å². The highest BCUT2D eigenvalue weighted by atomic mass is 14.5. The van der Waals surface area contributed by atoms with E-state index in [2.05, 4.69) is 25.2 Å². The Morgan fingerprint density at radius 1 is 1.45 bits per heavy atom. The zero-order chi connectivity index (χ0) is 8.10. The van der Waals surface area contributed by atoms with Gasteiger partial charge in [-0.2, -0.15) is 0 Å². The van der Waals surface area contributed by atoms with E-state index in [1.165, 1.54) is 5.57 Å². The average Bonchev–Trinajstić information content (AvgIpc) is 2.03. The molecule has 0 bridgehead atoms. The molecule has 0 radical (unpaired) electrons. The van der Waals surface area contributed by atoms with Crippen molar-refractivity contribution in [1.29, 1.82) is 0 Å². The number of allylic oxidation sites excluding steroid dienone is 7. The van der Waals surface area contributed by atoms with Crippen LogP contribution in [-0.2, 0) is 0 Å². The van der Waals surface area contributed by atoms with Gasteiger partial charge in [-0.1, -0.05) is 37.3 Å². The van der Waals surface area contributed by atoms with E-state index in [9.17, 15) is 0 Å². The highest BCUT2D eigenvalue weighted by Crippen LogP contribution is 2.17. The SMILES string of the molecule is CC1C=CC=C/C1=C/C=C\N. The van der Waals surface area contributed by atoms with Crippen molar-refractivity contribution >= 4 is 0 Å². The van der Waals surface area contributed by atoms with Crippen LogP contribution in [0.1, 0.15) is 6.92 Å². The van der Waals surface area contributed by atoms with E-state index in [0.717, 1.165) is 0 Å². The Labute approximate surface area is 67.6 Å². The van der Waals surface area contributed by atoms with E-state index in [1.807, 2.05) is 18.2 Å². The van der Waals surface area contributed by atoms with Gasteiger partial charge in [-0.25, -0.2) is 0 Å². The molecule has 0 aromatic rings. The summed E-state index contributed by atoms with van der Waals surface area (Å²) in [5, 5.41) is 0. The molecule has 0 aromatic carbocycles. The molecule has 0 amide bonds. The third-order valence-corrected chi connectivity index (χ3v) is 1.73. The second-order valence-electron chi connectivity index (χ2n) is 2.58. The van der Waals surface area contributed by atoms with Crippen LogP contribution in [0.2, 0.25) is 0 Å². The lowest BCUT2D eigenvalue weighted by Gasteiger charge is -2.09. The molecule has 1 nitrogen and oxygen atoms in total. The van der Waals surface area contributed by atoms with Crippen molar-refractivity contribution < 1.29 is 0 Å². The fraction of sp³-hybridized carbons (Fsp3) is 0.200. The van der Waals surface area contributed by atoms with E-state index >= 15 is 0 Å². The van der Waals surface area contributed by atoms with Gasteiger partial charge >= 0.3 is 0 Å². The topological polar surface area (TPSA) is 26.0 Å². The van der Waals surface area contributed by atoms with E-state index in [1.54, 1.807) is 6.20 Å². The Bertz CT molecular complexity index is 231. The fourth-order valence-electron chi connectivity index (χ4n) is 1.03. The highest BCUT2D eigenvalue weighted by molar-refractivity contribution is 5.34. The summed E-state index contributed by atoms with van der Waals surface area (Å²) >= 11 is 0. The van der Waals surface area contributed by atoms with Gasteiger partial charge in [0, 0.05) is 0 Å². The molecule has 1 aliphatic carbocycles. The third kappa shape index (κ3) is 2.11. The summed E-state index contributed by atoms with van der Waals surface area (Å²) < 4.78 is 0. The van der Waals surface area contributed by atoms with Crippen LogP contribution in [0.15, 0.2) is 48.2 Å². The van der Waals surface area contributed by atoms with Gasteiger partial charge in [0.05, 0.1) is 0 Å². The maximum atomic E-state index is 5.22. The van der Waals surface area contributed by atoms with Crippen LogP contribution in [0.3, 0.4) is 0 Å². The molecule has 2 N–H and O–H groups in total. The normalized spacial score (nSPS) is 27.0. The predicted molar refractivity (Wildman–Crippen MR) is 48.9 cm³/mol. The maximum absolute atomic E-state index is 5.22. The van der Waals surface area contributed by atoms with E-state index in [-0.39, 0.29) is 0 Å². The minimum atomic E-state index is 0.510. The standard InChI is InChI=1S/C10H13N/c1-9-5-2-3-6-10(9)7-4-8-11/h2-9H,11H2,1H3/b8-4-,10-7-. The molecule has 0 heterocycles. The number of rotatable bonds is 1. The summed E-state index contributed by atoms with van der Waals surface area (Å²) in [4.78, 5) is 0. The predicted octanol–water partition coefficient (Wildman–Crippen LogP) is 2.15. The van der Waals surface area contributed by atoms with Crippen LogP contribution in [0, 0.1) is 5.92 Å². The first-order valence-corrected chi connectivity index (χ1v) is 3.78. The summed E-state index contributed by atoms with van der Waals surface area (Å²) in [5.74, 6) is 0.510. The second kappa shape index (κ2) is 3.81. The first kappa shape index (κ1) is 7.86. The Hall–Kier alpha value is -1.24. The molecule has 1 atom stereocenters. The summed E-state index contributed by atoms with van der Waals surface area (Å²) in [6.07, 6.45) is 13.8. The van der Waals surface area contributed by atoms with E-state index in [4.69, 9.17) is 5.73 Å². The summed E-state index contributed by atoms with van der Waals surface area (Å²) in [6.45, 7) is 2.16. The van der Waals surface area contributed by atoms with Crippen molar-refractivity contribution in [2.45, 2.75) is 6.92 Å². The molecule has 1 rings (SSSR count). The minimum Gasteiger partial charge on any atom is -0.405 e.